The fraction of sp³-hybridized carbons (Fsp3) is 0. The highest BCUT2D eigenvalue weighted by Crippen LogP contribution is 2.13. The Kier molecular flexibility index (Phi) is 5.16. The largest absolute Gasteiger partial charge is 0.744 e. The molecule has 0 aliphatic rings. The number of benzene rings is 1. The lowest BCUT2D eigenvalue weighted by Gasteiger charge is -2.05. The number of nitro groups is 1. The molecule has 0 unspecified atom stereocenters. The summed E-state index contributed by atoms with van der Waals surface area (Å²) in [5.41, 5.74) is 5.13. The summed E-state index contributed by atoms with van der Waals surface area (Å²) in [7, 11) is -4.38. The molecule has 0 amide bonds. The molecule has 9 nitrogen and oxygen atoms in total. The van der Waals surface area contributed by atoms with Crippen molar-refractivity contribution in [1.29, 1.82) is 0 Å². The second-order valence-corrected chi connectivity index (χ2v) is 5.05. The summed E-state index contributed by atoms with van der Waals surface area (Å²) in [5, 5.41) is 18.9. The highest BCUT2D eigenvalue weighted by atomic mass is 32.2. The molecular weight excluding hydrogens is 302 g/mol. The Morgan fingerprint density at radius 3 is 2.14 bits per heavy atom. The Balaban J connectivity index is 0.000000211. The van der Waals surface area contributed by atoms with E-state index < -0.39 is 15.0 Å². The third-order valence-corrected chi connectivity index (χ3v) is 3.04. The number of hydrogen-bond acceptors (Lipinski definition) is 7. The first-order valence-corrected chi connectivity index (χ1v) is 6.78. The predicted molar refractivity (Wildman–Crippen MR) is 70.1 cm³/mol. The molecule has 112 valence electrons. The molecule has 0 fully saturated rings. The van der Waals surface area contributed by atoms with E-state index in [1.165, 1.54) is 18.3 Å². The lowest BCUT2D eigenvalue weighted by Crippen LogP contribution is -2.11. The average molecular weight is 313 g/mol. The van der Waals surface area contributed by atoms with E-state index >= 15 is 0 Å². The van der Waals surface area contributed by atoms with Crippen LogP contribution in [0.5, 0.6) is 5.75 Å². The average Bonchev–Trinajstić information content (AvgIpc) is 2.39. The van der Waals surface area contributed by atoms with Gasteiger partial charge in [-0.2, -0.15) is 0 Å². The molecule has 1 aromatic carbocycles. The number of hydrogen-bond donors (Lipinski definition) is 2. The molecular formula is C11H11N3O6S. The lowest BCUT2D eigenvalue weighted by atomic mass is 10.3. The van der Waals surface area contributed by atoms with Crippen molar-refractivity contribution in [2.24, 2.45) is 0 Å². The van der Waals surface area contributed by atoms with E-state index in [0.717, 1.165) is 24.3 Å². The predicted octanol–water partition coefficient (Wildman–Crippen LogP) is 0.287. The number of phenolic OH excluding ortho intramolecular Hbond substituents is 1. The molecule has 0 aliphatic heterocycles. The van der Waals surface area contributed by atoms with E-state index in [2.05, 4.69) is 4.98 Å². The van der Waals surface area contributed by atoms with Crippen LogP contribution in [0.25, 0.3) is 0 Å². The Labute approximate surface area is 119 Å². The molecule has 0 saturated carbocycles. The number of phenols is 1. The Bertz CT molecular complexity index is 730. The molecule has 1 heterocycles. The number of H-pyrrole nitrogens is 1. The van der Waals surface area contributed by atoms with Crippen LogP contribution in [0.2, 0.25) is 0 Å². The number of nitrogens with zero attached hydrogens (tertiary/aromatic N) is 1. The van der Waals surface area contributed by atoms with Crippen molar-refractivity contribution in [3.8, 4) is 5.75 Å². The molecule has 1 aromatic heterocycles. The topological polar surface area (TPSA) is 161 Å². The minimum atomic E-state index is -4.38. The van der Waals surface area contributed by atoms with Crippen molar-refractivity contribution in [2.75, 3.05) is 5.73 Å². The smallest absolute Gasteiger partial charge is 0.357 e. The maximum Gasteiger partial charge on any atom is 0.357 e. The number of nitrogen functional groups attached to an aromatic ring is 1. The third-order valence-electron chi connectivity index (χ3n) is 2.19. The zero-order chi connectivity index (χ0) is 16.0. The summed E-state index contributed by atoms with van der Waals surface area (Å²) in [6.07, 6.45) is 1.53. The molecule has 0 radical (unpaired) electrons. The summed E-state index contributed by atoms with van der Waals surface area (Å²) < 4.78 is 30.9. The van der Waals surface area contributed by atoms with Gasteiger partial charge < -0.3 is 9.66 Å². The molecule has 0 saturated heterocycles. The Morgan fingerprint density at radius 2 is 1.76 bits per heavy atom. The van der Waals surface area contributed by atoms with Crippen molar-refractivity contribution in [2.45, 2.75) is 4.90 Å². The Hall–Kier alpha value is -2.72. The summed E-state index contributed by atoms with van der Waals surface area (Å²) in [6.45, 7) is 0. The third kappa shape index (κ3) is 5.04. The van der Waals surface area contributed by atoms with Crippen LogP contribution in [0.15, 0.2) is 47.5 Å². The standard InChI is InChI=1S/C6H6O4S.C5H5N3O2/c7-5-1-3-6(4-2-5)11(8,9)10;6-5-4(8(9)10)2-1-3-7-5/h1-4,7H,(H,8,9,10);1-3H,(H2,6,7). The molecule has 4 N–H and O–H groups in total. The van der Waals surface area contributed by atoms with Crippen molar-refractivity contribution in [3.63, 3.8) is 0 Å². The van der Waals surface area contributed by atoms with E-state index in [9.17, 15) is 23.1 Å². The van der Waals surface area contributed by atoms with Gasteiger partial charge in [0.2, 0.25) is 0 Å². The van der Waals surface area contributed by atoms with Crippen molar-refractivity contribution in [3.05, 3.63) is 52.7 Å². The lowest BCUT2D eigenvalue weighted by molar-refractivity contribution is -0.409. The van der Waals surface area contributed by atoms with Crippen LogP contribution in [0, 0.1) is 10.1 Å². The van der Waals surface area contributed by atoms with Crippen LogP contribution >= 0.6 is 0 Å². The van der Waals surface area contributed by atoms with Crippen molar-refractivity contribution < 1.29 is 28.0 Å². The molecule has 10 heteroatoms. The van der Waals surface area contributed by atoms with Crippen molar-refractivity contribution >= 4 is 21.6 Å². The number of nitrogens with one attached hydrogen (secondary N) is 1. The first-order chi connectivity index (χ1) is 9.71. The minimum absolute atomic E-state index is 0.0719. The molecule has 21 heavy (non-hydrogen) atoms. The molecule has 0 atom stereocenters. The van der Waals surface area contributed by atoms with E-state index in [1.807, 2.05) is 0 Å². The van der Waals surface area contributed by atoms with Gasteiger partial charge in [-0.15, -0.1) is 0 Å². The number of anilines is 1. The number of aromatic amines is 1. The first kappa shape index (κ1) is 16.3. The van der Waals surface area contributed by atoms with Gasteiger partial charge in [0.05, 0.1) is 16.0 Å². The zero-order valence-electron chi connectivity index (χ0n) is 10.5. The van der Waals surface area contributed by atoms with Gasteiger partial charge in [0.1, 0.15) is 15.9 Å². The second-order valence-electron chi connectivity index (χ2n) is 3.67. The first-order valence-electron chi connectivity index (χ1n) is 5.37. The molecule has 0 aliphatic carbocycles. The quantitative estimate of drug-likeness (QED) is 0.457. The fourth-order valence-electron chi connectivity index (χ4n) is 1.21. The number of nitrogens with two attached hydrogens (primary N) is 1. The van der Waals surface area contributed by atoms with Crippen LogP contribution in [-0.2, 0) is 10.1 Å². The van der Waals surface area contributed by atoms with Gasteiger partial charge in [-0.3, -0.25) is 15.8 Å². The van der Waals surface area contributed by atoms with Gasteiger partial charge in [0.15, 0.2) is 0 Å². The number of rotatable bonds is 2. The second kappa shape index (κ2) is 6.63. The maximum absolute atomic E-state index is 10.3. The molecule has 0 bridgehead atoms. The summed E-state index contributed by atoms with van der Waals surface area (Å²) in [5.74, 6) is 0.00454. The van der Waals surface area contributed by atoms with Crippen molar-refractivity contribution in [1.82, 2.24) is 0 Å². The van der Waals surface area contributed by atoms with Gasteiger partial charge in [0, 0.05) is 6.07 Å². The number of pyridine rings is 1. The van der Waals surface area contributed by atoms with Gasteiger partial charge in [0.25, 0.3) is 0 Å². The number of aromatic nitrogens is 1. The van der Waals surface area contributed by atoms with Crippen LogP contribution in [0.4, 0.5) is 11.5 Å². The summed E-state index contributed by atoms with van der Waals surface area (Å²) >= 11 is 0. The molecule has 0 spiro atoms. The zero-order valence-corrected chi connectivity index (χ0v) is 11.3. The van der Waals surface area contributed by atoms with E-state index in [-0.39, 0.29) is 22.2 Å². The Morgan fingerprint density at radius 1 is 1.19 bits per heavy atom. The van der Waals surface area contributed by atoms with Crippen LogP contribution < -0.4 is 10.7 Å². The fourth-order valence-corrected chi connectivity index (χ4v) is 1.68. The highest BCUT2D eigenvalue weighted by Gasteiger charge is 2.14. The summed E-state index contributed by atoms with van der Waals surface area (Å²) in [6, 6.07) is 7.26. The highest BCUT2D eigenvalue weighted by molar-refractivity contribution is 7.85. The van der Waals surface area contributed by atoms with Gasteiger partial charge in [-0.1, -0.05) is 0 Å². The van der Waals surface area contributed by atoms with E-state index in [4.69, 9.17) is 10.8 Å². The maximum atomic E-state index is 10.3. The number of aromatic hydroxyl groups is 1. The van der Waals surface area contributed by atoms with Gasteiger partial charge in [-0.25, -0.2) is 13.4 Å². The van der Waals surface area contributed by atoms with Gasteiger partial charge >= 0.3 is 11.5 Å². The monoisotopic (exact) mass is 313 g/mol. The van der Waals surface area contributed by atoms with E-state index in [0.29, 0.717) is 0 Å². The van der Waals surface area contributed by atoms with Crippen LogP contribution in [-0.4, -0.2) is 23.0 Å². The van der Waals surface area contributed by atoms with Gasteiger partial charge in [-0.05, 0) is 30.3 Å². The van der Waals surface area contributed by atoms with E-state index in [1.54, 1.807) is 0 Å². The normalized spacial score (nSPS) is 10.3. The molecule has 2 rings (SSSR count). The van der Waals surface area contributed by atoms with Crippen LogP contribution in [0.3, 0.4) is 0 Å². The van der Waals surface area contributed by atoms with Crippen LogP contribution in [0.1, 0.15) is 0 Å². The SMILES string of the molecule is Nc1[nH+]cccc1[N+](=O)[O-].O=S(=O)([O-])c1ccc(O)cc1. The summed E-state index contributed by atoms with van der Waals surface area (Å²) in [4.78, 5) is 11.8. The minimum Gasteiger partial charge on any atom is -0.744 e. The molecule has 2 aromatic rings.